The fraction of sp³-hybridized carbons (Fsp3) is 0.636. The highest BCUT2D eigenvalue weighted by molar-refractivity contribution is 5.00. The van der Waals surface area contributed by atoms with Crippen LogP contribution in [0.4, 0.5) is 0 Å². The molecule has 14 heavy (non-hydrogen) atoms. The van der Waals surface area contributed by atoms with Crippen molar-refractivity contribution in [2.45, 2.75) is 26.1 Å². The van der Waals surface area contributed by atoms with Crippen molar-refractivity contribution in [3.05, 3.63) is 24.2 Å². The van der Waals surface area contributed by atoms with Gasteiger partial charge in [-0.1, -0.05) is 13.3 Å². The minimum Gasteiger partial charge on any atom is -0.464 e. The van der Waals surface area contributed by atoms with E-state index in [4.69, 9.17) is 13.9 Å². The normalized spacial score (nSPS) is 27.8. The molecule has 0 N–H and O–H groups in total. The zero-order valence-electron chi connectivity index (χ0n) is 8.44. The van der Waals surface area contributed by atoms with Crippen LogP contribution in [-0.4, -0.2) is 13.2 Å². The van der Waals surface area contributed by atoms with Crippen molar-refractivity contribution in [2.24, 2.45) is 5.92 Å². The van der Waals surface area contributed by atoms with E-state index >= 15 is 0 Å². The minimum atomic E-state index is -0.293. The highest BCUT2D eigenvalue weighted by Crippen LogP contribution is 2.26. The molecule has 2 heterocycles. The summed E-state index contributed by atoms with van der Waals surface area (Å²) < 4.78 is 16.4. The van der Waals surface area contributed by atoms with Gasteiger partial charge >= 0.3 is 0 Å². The van der Waals surface area contributed by atoms with Gasteiger partial charge in [0.1, 0.15) is 0 Å². The van der Waals surface area contributed by atoms with Gasteiger partial charge < -0.3 is 13.9 Å². The quantitative estimate of drug-likeness (QED) is 0.745. The Morgan fingerprint density at radius 2 is 2.14 bits per heavy atom. The molecule has 0 atom stereocenters. The molecule has 1 aliphatic heterocycles. The Balaban J connectivity index is 1.84. The van der Waals surface area contributed by atoms with Crippen LogP contribution in [0.1, 0.15) is 31.8 Å². The van der Waals surface area contributed by atoms with E-state index in [0.717, 1.165) is 19.0 Å². The third-order valence-electron chi connectivity index (χ3n) is 2.44. The van der Waals surface area contributed by atoms with Crippen LogP contribution in [0.25, 0.3) is 0 Å². The van der Waals surface area contributed by atoms with Gasteiger partial charge in [0.2, 0.25) is 6.29 Å². The average molecular weight is 196 g/mol. The molecule has 0 saturated carbocycles. The van der Waals surface area contributed by atoms with Gasteiger partial charge in [-0.05, 0) is 18.6 Å². The lowest BCUT2D eigenvalue weighted by molar-refractivity contribution is -0.213. The fourth-order valence-corrected chi connectivity index (χ4v) is 1.71. The van der Waals surface area contributed by atoms with Gasteiger partial charge in [-0.3, -0.25) is 0 Å². The molecule has 3 nitrogen and oxygen atoms in total. The molecule has 3 heteroatoms. The molecule has 0 aromatic carbocycles. The molecule has 0 unspecified atom stereocenters. The Labute approximate surface area is 84.0 Å². The van der Waals surface area contributed by atoms with Crippen LogP contribution in [0.5, 0.6) is 0 Å². The molecule has 2 rings (SSSR count). The molecule has 1 aliphatic rings. The van der Waals surface area contributed by atoms with Crippen molar-refractivity contribution < 1.29 is 13.9 Å². The number of furan rings is 1. The van der Waals surface area contributed by atoms with Crippen molar-refractivity contribution in [2.75, 3.05) is 13.2 Å². The van der Waals surface area contributed by atoms with Gasteiger partial charge in [0.15, 0.2) is 5.76 Å². The highest BCUT2D eigenvalue weighted by Gasteiger charge is 2.24. The summed E-state index contributed by atoms with van der Waals surface area (Å²) in [5.74, 6) is 1.31. The minimum absolute atomic E-state index is 0.293. The molecule has 0 aliphatic carbocycles. The SMILES string of the molecule is CCCC1COC(c2ccco2)OC1. The van der Waals surface area contributed by atoms with Crippen LogP contribution in [0.3, 0.4) is 0 Å². The van der Waals surface area contributed by atoms with Crippen molar-refractivity contribution in [1.82, 2.24) is 0 Å². The maximum atomic E-state index is 5.57. The van der Waals surface area contributed by atoms with Crippen molar-refractivity contribution in [3.8, 4) is 0 Å². The second-order valence-electron chi connectivity index (χ2n) is 3.67. The second kappa shape index (κ2) is 4.62. The summed E-state index contributed by atoms with van der Waals surface area (Å²) in [6.07, 6.45) is 3.70. The van der Waals surface area contributed by atoms with Gasteiger partial charge in [0, 0.05) is 5.92 Å². The van der Waals surface area contributed by atoms with Crippen LogP contribution >= 0.6 is 0 Å². The third-order valence-corrected chi connectivity index (χ3v) is 2.44. The zero-order valence-corrected chi connectivity index (χ0v) is 8.44. The summed E-state index contributed by atoms with van der Waals surface area (Å²) >= 11 is 0. The largest absolute Gasteiger partial charge is 0.464 e. The first-order chi connectivity index (χ1) is 6.90. The maximum absolute atomic E-state index is 5.57. The molecule has 0 radical (unpaired) electrons. The third kappa shape index (κ3) is 2.16. The average Bonchev–Trinajstić information content (AvgIpc) is 2.72. The first kappa shape index (κ1) is 9.74. The molecule has 0 bridgehead atoms. The zero-order chi connectivity index (χ0) is 9.80. The van der Waals surface area contributed by atoms with E-state index in [0.29, 0.717) is 5.92 Å². The lowest BCUT2D eigenvalue weighted by Gasteiger charge is -2.27. The van der Waals surface area contributed by atoms with Crippen molar-refractivity contribution in [1.29, 1.82) is 0 Å². The van der Waals surface area contributed by atoms with Crippen LogP contribution in [-0.2, 0) is 9.47 Å². The van der Waals surface area contributed by atoms with E-state index in [9.17, 15) is 0 Å². The summed E-state index contributed by atoms with van der Waals surface area (Å²) in [6, 6.07) is 3.73. The second-order valence-corrected chi connectivity index (χ2v) is 3.67. The van der Waals surface area contributed by atoms with E-state index in [1.807, 2.05) is 12.1 Å². The Morgan fingerprint density at radius 1 is 1.36 bits per heavy atom. The number of ether oxygens (including phenoxy) is 2. The topological polar surface area (TPSA) is 31.6 Å². The molecule has 0 amide bonds. The summed E-state index contributed by atoms with van der Waals surface area (Å²) in [5, 5.41) is 0. The number of rotatable bonds is 3. The Kier molecular flexibility index (Phi) is 3.22. The predicted octanol–water partition coefficient (Wildman–Crippen LogP) is 2.74. The predicted molar refractivity (Wildman–Crippen MR) is 51.8 cm³/mol. The van der Waals surface area contributed by atoms with E-state index in [-0.39, 0.29) is 6.29 Å². The van der Waals surface area contributed by atoms with Crippen LogP contribution in [0.15, 0.2) is 22.8 Å². The van der Waals surface area contributed by atoms with Crippen LogP contribution in [0, 0.1) is 5.92 Å². The van der Waals surface area contributed by atoms with Crippen molar-refractivity contribution in [3.63, 3.8) is 0 Å². The van der Waals surface area contributed by atoms with Gasteiger partial charge in [-0.15, -0.1) is 0 Å². The monoisotopic (exact) mass is 196 g/mol. The maximum Gasteiger partial charge on any atom is 0.217 e. The molecule has 1 aromatic rings. The Hall–Kier alpha value is -0.800. The first-order valence-electron chi connectivity index (χ1n) is 5.16. The van der Waals surface area contributed by atoms with Crippen LogP contribution in [0.2, 0.25) is 0 Å². The lowest BCUT2D eigenvalue weighted by atomic mass is 10.1. The Morgan fingerprint density at radius 3 is 2.71 bits per heavy atom. The molecule has 1 aromatic heterocycles. The van der Waals surface area contributed by atoms with Gasteiger partial charge in [-0.2, -0.15) is 0 Å². The van der Waals surface area contributed by atoms with E-state index in [1.54, 1.807) is 6.26 Å². The van der Waals surface area contributed by atoms with Gasteiger partial charge in [0.25, 0.3) is 0 Å². The summed E-state index contributed by atoms with van der Waals surface area (Å²) in [6.45, 7) is 3.73. The summed E-state index contributed by atoms with van der Waals surface area (Å²) in [5.41, 5.74) is 0. The van der Waals surface area contributed by atoms with E-state index < -0.39 is 0 Å². The fourth-order valence-electron chi connectivity index (χ4n) is 1.71. The summed E-state index contributed by atoms with van der Waals surface area (Å²) in [7, 11) is 0. The first-order valence-corrected chi connectivity index (χ1v) is 5.16. The highest BCUT2D eigenvalue weighted by atomic mass is 16.7. The van der Waals surface area contributed by atoms with E-state index in [2.05, 4.69) is 6.92 Å². The smallest absolute Gasteiger partial charge is 0.217 e. The van der Waals surface area contributed by atoms with Crippen LogP contribution < -0.4 is 0 Å². The number of hydrogen-bond acceptors (Lipinski definition) is 3. The molecular formula is C11H16O3. The Bertz CT molecular complexity index is 248. The molecule has 1 fully saturated rings. The van der Waals surface area contributed by atoms with E-state index in [1.165, 1.54) is 12.8 Å². The standard InChI is InChI=1S/C11H16O3/c1-2-4-9-7-13-11(14-8-9)10-5-3-6-12-10/h3,5-6,9,11H,2,4,7-8H2,1H3. The van der Waals surface area contributed by atoms with Gasteiger partial charge in [-0.25, -0.2) is 0 Å². The van der Waals surface area contributed by atoms with Crippen molar-refractivity contribution >= 4 is 0 Å². The van der Waals surface area contributed by atoms with Gasteiger partial charge in [0.05, 0.1) is 19.5 Å². The molecule has 1 saturated heterocycles. The molecule has 78 valence electrons. The number of hydrogen-bond donors (Lipinski definition) is 0. The molecular weight excluding hydrogens is 180 g/mol. The summed E-state index contributed by atoms with van der Waals surface area (Å²) in [4.78, 5) is 0. The molecule has 0 spiro atoms. The lowest BCUT2D eigenvalue weighted by Crippen LogP contribution is -2.26.